The standard InChI is InChI=1S/C36H49N2/c1-6-9-11-14-18-31-25-30(8-3)26-32(27-31)24-29(4)38(5)37-35-22-23-36(33-19-16-13-17-20-33)34(28-35)21-15-12-10-7-2/h13,16-17,19-20,22-28H,6-12,14-15,18,21H2,1-5H3/q+1. The van der Waals surface area contributed by atoms with Gasteiger partial charge in [0.15, 0.2) is 7.05 Å². The van der Waals surface area contributed by atoms with Crippen molar-refractivity contribution in [2.24, 2.45) is 5.11 Å². The molecule has 0 unspecified atom stereocenters. The van der Waals surface area contributed by atoms with E-state index < -0.39 is 0 Å². The minimum Gasteiger partial charge on any atom is -0.0909 e. The third kappa shape index (κ3) is 9.39. The van der Waals surface area contributed by atoms with E-state index in [0.717, 1.165) is 24.2 Å². The van der Waals surface area contributed by atoms with Gasteiger partial charge >= 0.3 is 0 Å². The van der Waals surface area contributed by atoms with Crippen LogP contribution in [0.5, 0.6) is 0 Å². The van der Waals surface area contributed by atoms with Crippen molar-refractivity contribution in [3.63, 3.8) is 0 Å². The van der Waals surface area contributed by atoms with Crippen LogP contribution >= 0.6 is 0 Å². The molecule has 0 saturated heterocycles. The van der Waals surface area contributed by atoms with Crippen LogP contribution in [0, 0.1) is 0 Å². The highest BCUT2D eigenvalue weighted by molar-refractivity contribution is 5.69. The monoisotopic (exact) mass is 509 g/mol. The quantitative estimate of drug-likeness (QED) is 0.110. The zero-order chi connectivity index (χ0) is 27.2. The number of azo groups is 2. The molecule has 0 spiro atoms. The molecule has 0 aromatic heterocycles. The predicted octanol–water partition coefficient (Wildman–Crippen LogP) is 10.9. The van der Waals surface area contributed by atoms with Gasteiger partial charge in [0.2, 0.25) is 5.70 Å². The van der Waals surface area contributed by atoms with Crippen LogP contribution in [-0.2, 0) is 19.3 Å². The van der Waals surface area contributed by atoms with Crippen molar-refractivity contribution in [2.45, 2.75) is 98.3 Å². The first-order chi connectivity index (χ1) is 18.5. The first-order valence-corrected chi connectivity index (χ1v) is 15.0. The molecule has 3 rings (SSSR count). The molecule has 0 N–H and O–H groups in total. The summed E-state index contributed by atoms with van der Waals surface area (Å²) < 4.78 is 2.03. The summed E-state index contributed by atoms with van der Waals surface area (Å²) in [6.45, 7) is 8.95. The zero-order valence-electron chi connectivity index (χ0n) is 24.6. The van der Waals surface area contributed by atoms with Gasteiger partial charge in [0.25, 0.3) is 0 Å². The van der Waals surface area contributed by atoms with Crippen molar-refractivity contribution in [3.05, 3.63) is 94.7 Å². The first kappa shape index (κ1) is 29.6. The molecule has 0 radical (unpaired) electrons. The van der Waals surface area contributed by atoms with Gasteiger partial charge in [0.1, 0.15) is 5.69 Å². The van der Waals surface area contributed by atoms with Crippen molar-refractivity contribution in [1.29, 1.82) is 0 Å². The second kappa shape index (κ2) is 16.1. The smallest absolute Gasteiger partial charge is 0.0909 e. The van der Waals surface area contributed by atoms with Gasteiger partial charge in [-0.25, -0.2) is 0 Å². The third-order valence-electron chi connectivity index (χ3n) is 7.43. The van der Waals surface area contributed by atoms with Gasteiger partial charge in [-0.05, 0) is 82.7 Å². The number of rotatable bonds is 15. The van der Waals surface area contributed by atoms with Crippen molar-refractivity contribution in [1.82, 2.24) is 0 Å². The maximum Gasteiger partial charge on any atom is 0.205 e. The van der Waals surface area contributed by atoms with Gasteiger partial charge in [-0.1, -0.05) is 119 Å². The van der Waals surface area contributed by atoms with Gasteiger partial charge in [0.05, 0.1) is 0 Å². The molecule has 202 valence electrons. The molecule has 0 fully saturated rings. The van der Waals surface area contributed by atoms with E-state index in [-0.39, 0.29) is 0 Å². The highest BCUT2D eigenvalue weighted by atomic mass is 15.2. The van der Waals surface area contributed by atoms with Gasteiger partial charge in [-0.3, -0.25) is 0 Å². The Balaban J connectivity index is 1.83. The number of allylic oxidation sites excluding steroid dienone is 1. The summed E-state index contributed by atoms with van der Waals surface area (Å²) >= 11 is 0. The Morgan fingerprint density at radius 1 is 0.737 bits per heavy atom. The summed E-state index contributed by atoms with van der Waals surface area (Å²) in [6.07, 6.45) is 15.9. The zero-order valence-corrected chi connectivity index (χ0v) is 24.6. The molecule has 0 bridgehead atoms. The van der Waals surface area contributed by atoms with Gasteiger partial charge in [0, 0.05) is 13.0 Å². The van der Waals surface area contributed by atoms with Gasteiger partial charge in [-0.2, -0.15) is 0 Å². The largest absolute Gasteiger partial charge is 0.205 e. The fraction of sp³-hybridized carbons (Fsp3) is 0.444. The van der Waals surface area contributed by atoms with Gasteiger partial charge < -0.3 is 0 Å². The number of aryl methyl sites for hydroxylation is 3. The molecule has 0 heterocycles. The summed E-state index contributed by atoms with van der Waals surface area (Å²) in [5, 5.41) is 5.00. The van der Waals surface area contributed by atoms with E-state index >= 15 is 0 Å². The van der Waals surface area contributed by atoms with Crippen LogP contribution in [0.3, 0.4) is 0 Å². The van der Waals surface area contributed by atoms with Gasteiger partial charge in [-0.15, -0.1) is 0 Å². The van der Waals surface area contributed by atoms with Crippen LogP contribution in [0.1, 0.15) is 101 Å². The number of hydrogen-bond acceptors (Lipinski definition) is 1. The van der Waals surface area contributed by atoms with Crippen molar-refractivity contribution in [2.75, 3.05) is 7.05 Å². The van der Waals surface area contributed by atoms with E-state index in [1.165, 1.54) is 91.2 Å². The Morgan fingerprint density at radius 3 is 2.11 bits per heavy atom. The number of hydrogen-bond donors (Lipinski definition) is 0. The molecule has 2 heteroatoms. The number of nitrogens with zero attached hydrogens (tertiary/aromatic N) is 2. The average Bonchev–Trinajstić information content (AvgIpc) is 2.94. The first-order valence-electron chi connectivity index (χ1n) is 15.0. The summed E-state index contributed by atoms with van der Waals surface area (Å²) in [5.74, 6) is 0. The average molecular weight is 510 g/mol. The Bertz CT molecular complexity index is 1190. The summed E-state index contributed by atoms with van der Waals surface area (Å²) in [5.41, 5.74) is 10.3. The predicted molar refractivity (Wildman–Crippen MR) is 165 cm³/mol. The summed E-state index contributed by atoms with van der Waals surface area (Å²) in [7, 11) is 2.06. The normalized spacial score (nSPS) is 12.2. The van der Waals surface area contributed by atoms with Crippen molar-refractivity contribution < 1.29 is 4.70 Å². The van der Waals surface area contributed by atoms with Crippen LogP contribution in [0.25, 0.3) is 17.2 Å². The Labute approximate surface area is 232 Å². The lowest BCUT2D eigenvalue weighted by molar-refractivity contribution is -0.510. The molecule has 38 heavy (non-hydrogen) atoms. The van der Waals surface area contributed by atoms with E-state index in [2.05, 4.69) is 108 Å². The highest BCUT2D eigenvalue weighted by Gasteiger charge is 2.11. The summed E-state index contributed by atoms with van der Waals surface area (Å²) in [4.78, 5) is 0. The maximum absolute atomic E-state index is 5.00. The molecular formula is C36H49N2+. The fourth-order valence-corrected chi connectivity index (χ4v) is 5.06. The molecule has 0 saturated carbocycles. The van der Waals surface area contributed by atoms with Crippen molar-refractivity contribution >= 4 is 11.8 Å². The molecule has 2 nitrogen and oxygen atoms in total. The molecular weight excluding hydrogens is 460 g/mol. The molecule has 0 amide bonds. The Kier molecular flexibility index (Phi) is 12.5. The second-order valence-corrected chi connectivity index (χ2v) is 10.7. The molecule has 3 aromatic rings. The van der Waals surface area contributed by atoms with Crippen molar-refractivity contribution in [3.8, 4) is 11.1 Å². The van der Waals surface area contributed by atoms with Crippen LogP contribution in [0.15, 0.2) is 77.5 Å². The fourth-order valence-electron chi connectivity index (χ4n) is 5.06. The molecule has 0 aliphatic carbocycles. The minimum atomic E-state index is 1.02. The lowest BCUT2D eigenvalue weighted by atomic mass is 9.95. The Hall–Kier alpha value is -3.00. The van der Waals surface area contributed by atoms with E-state index in [1.54, 1.807) is 0 Å². The van der Waals surface area contributed by atoms with Crippen LogP contribution in [0.2, 0.25) is 0 Å². The topological polar surface area (TPSA) is 15.4 Å². The minimum absolute atomic E-state index is 1.02. The highest BCUT2D eigenvalue weighted by Crippen LogP contribution is 2.29. The molecule has 0 atom stereocenters. The van der Waals surface area contributed by atoms with Crippen LogP contribution < -0.4 is 0 Å². The number of unbranched alkanes of at least 4 members (excludes halogenated alkanes) is 6. The molecule has 3 aromatic carbocycles. The SMILES string of the molecule is CCCCCCc1cc(C=C(C)[N+](C)=Nc2ccc(-c3ccccc3)c(CCCCCC)c2)cc(CC)c1. The Morgan fingerprint density at radius 2 is 1.42 bits per heavy atom. The lowest BCUT2D eigenvalue weighted by Crippen LogP contribution is -1.99. The van der Waals surface area contributed by atoms with E-state index in [9.17, 15) is 0 Å². The van der Waals surface area contributed by atoms with E-state index in [4.69, 9.17) is 5.11 Å². The molecule has 0 aliphatic rings. The lowest BCUT2D eigenvalue weighted by Gasteiger charge is -2.10. The third-order valence-corrected chi connectivity index (χ3v) is 7.43. The van der Waals surface area contributed by atoms with E-state index in [1.807, 2.05) is 4.70 Å². The molecule has 0 aliphatic heterocycles. The summed E-state index contributed by atoms with van der Waals surface area (Å²) in [6, 6.07) is 24.6. The van der Waals surface area contributed by atoms with Crippen LogP contribution in [0.4, 0.5) is 5.69 Å². The second-order valence-electron chi connectivity index (χ2n) is 10.7. The van der Waals surface area contributed by atoms with E-state index in [0.29, 0.717) is 0 Å². The maximum atomic E-state index is 5.00. The number of benzene rings is 3. The van der Waals surface area contributed by atoms with Crippen LogP contribution in [-0.4, -0.2) is 11.7 Å².